The minimum atomic E-state index is -0.575. The third-order valence-corrected chi connectivity index (χ3v) is 4.33. The molecule has 2 unspecified atom stereocenters. The lowest BCUT2D eigenvalue weighted by Gasteiger charge is -2.32. The number of methoxy groups -OCH3 is 1. The molecule has 2 atom stereocenters. The lowest BCUT2D eigenvalue weighted by atomic mass is 10.00. The molecule has 0 saturated carbocycles. The van der Waals surface area contributed by atoms with Crippen LogP contribution in [0.2, 0.25) is 0 Å². The summed E-state index contributed by atoms with van der Waals surface area (Å²) in [4.78, 5) is 25.1. The van der Waals surface area contributed by atoms with E-state index in [4.69, 9.17) is 0 Å². The topological polar surface area (TPSA) is 64.4 Å². The van der Waals surface area contributed by atoms with Crippen LogP contribution >= 0.6 is 15.9 Å². The molecule has 1 saturated heterocycles. The highest BCUT2D eigenvalue weighted by atomic mass is 79.9. The lowest BCUT2D eigenvalue weighted by Crippen LogP contribution is -2.36. The third-order valence-electron chi connectivity index (χ3n) is 3.67. The maximum atomic E-state index is 12.1. The number of hydrogen-bond acceptors (Lipinski definition) is 5. The summed E-state index contributed by atoms with van der Waals surface area (Å²) >= 11 is 3.19. The molecule has 0 spiro atoms. The Hall–Kier alpha value is -1.37. The Morgan fingerprint density at radius 3 is 3.00 bits per heavy atom. The van der Waals surface area contributed by atoms with Crippen LogP contribution in [-0.4, -0.2) is 40.8 Å². The fourth-order valence-corrected chi connectivity index (χ4v) is 2.97. The summed E-state index contributed by atoms with van der Waals surface area (Å²) in [6.07, 6.45) is 4.05. The number of halogens is 1. The van der Waals surface area contributed by atoms with Crippen molar-refractivity contribution in [3.8, 4) is 0 Å². The van der Waals surface area contributed by atoms with Gasteiger partial charge < -0.3 is 9.64 Å². The number of carbonyl (C=O) groups is 1. The molecule has 2 heterocycles. The van der Waals surface area contributed by atoms with Gasteiger partial charge in [-0.3, -0.25) is 9.59 Å². The average molecular weight is 358 g/mol. The van der Waals surface area contributed by atoms with Crippen molar-refractivity contribution in [2.24, 2.45) is 5.92 Å². The van der Waals surface area contributed by atoms with Crippen LogP contribution in [0, 0.1) is 5.92 Å². The van der Waals surface area contributed by atoms with Crippen molar-refractivity contribution >= 4 is 27.6 Å². The monoisotopic (exact) mass is 357 g/mol. The summed E-state index contributed by atoms with van der Waals surface area (Å²) in [6.45, 7) is 4.28. The zero-order valence-electron chi connectivity index (χ0n) is 12.3. The Balaban J connectivity index is 2.10. The van der Waals surface area contributed by atoms with E-state index in [0.717, 1.165) is 25.2 Å². The number of aromatic nitrogens is 2. The Kier molecular flexibility index (Phi) is 5.39. The van der Waals surface area contributed by atoms with Crippen molar-refractivity contribution in [1.82, 2.24) is 9.78 Å². The first-order valence-electron chi connectivity index (χ1n) is 7.05. The van der Waals surface area contributed by atoms with E-state index in [2.05, 4.69) is 37.6 Å². The quantitative estimate of drug-likeness (QED) is 0.602. The fraction of sp³-hybridized carbons (Fsp3) is 0.643. The predicted octanol–water partition coefficient (Wildman–Crippen LogP) is 1.42. The number of ether oxygens (including phenoxy) is 1. The molecule has 0 radical (unpaired) electrons. The van der Waals surface area contributed by atoms with Gasteiger partial charge >= 0.3 is 5.97 Å². The molecule has 2 rings (SSSR count). The molecule has 0 N–H and O–H groups in total. The number of anilines is 1. The van der Waals surface area contributed by atoms with E-state index in [-0.39, 0.29) is 12.1 Å². The van der Waals surface area contributed by atoms with Crippen molar-refractivity contribution in [2.45, 2.75) is 31.1 Å². The van der Waals surface area contributed by atoms with Gasteiger partial charge in [-0.25, -0.2) is 4.68 Å². The van der Waals surface area contributed by atoms with Crippen LogP contribution in [-0.2, 0) is 16.1 Å². The summed E-state index contributed by atoms with van der Waals surface area (Å²) in [5, 5.41) is 4.16. The van der Waals surface area contributed by atoms with Gasteiger partial charge in [-0.2, -0.15) is 5.10 Å². The molecule has 21 heavy (non-hydrogen) atoms. The summed E-state index contributed by atoms with van der Waals surface area (Å²) in [5.74, 6) is 0.213. The van der Waals surface area contributed by atoms with Crippen molar-refractivity contribution in [2.75, 3.05) is 25.1 Å². The molecule has 0 amide bonds. The van der Waals surface area contributed by atoms with Gasteiger partial charge in [0.15, 0.2) is 0 Å². The SMILES string of the molecule is COC(=O)C(Br)Cn1ncc(N2CCCC(C)C2)cc1=O. The highest BCUT2D eigenvalue weighted by Crippen LogP contribution is 2.20. The molecule has 116 valence electrons. The minimum Gasteiger partial charge on any atom is -0.468 e. The van der Waals surface area contributed by atoms with E-state index in [0.29, 0.717) is 5.92 Å². The van der Waals surface area contributed by atoms with Crippen molar-refractivity contribution in [3.63, 3.8) is 0 Å². The van der Waals surface area contributed by atoms with Gasteiger partial charge in [-0.1, -0.05) is 22.9 Å². The summed E-state index contributed by atoms with van der Waals surface area (Å²) in [5.41, 5.74) is 0.645. The second-order valence-electron chi connectivity index (χ2n) is 5.42. The molecule has 0 aromatic carbocycles. The van der Waals surface area contributed by atoms with Crippen molar-refractivity contribution in [1.29, 1.82) is 0 Å². The number of nitrogens with zero attached hydrogens (tertiary/aromatic N) is 3. The van der Waals surface area contributed by atoms with Crippen LogP contribution in [0.4, 0.5) is 5.69 Å². The van der Waals surface area contributed by atoms with Gasteiger partial charge in [0.25, 0.3) is 5.56 Å². The van der Waals surface area contributed by atoms with E-state index in [1.807, 2.05) is 0 Å². The van der Waals surface area contributed by atoms with E-state index >= 15 is 0 Å². The van der Waals surface area contributed by atoms with Crippen LogP contribution in [0.1, 0.15) is 19.8 Å². The predicted molar refractivity (Wildman–Crippen MR) is 83.8 cm³/mol. The Morgan fingerprint density at radius 2 is 2.38 bits per heavy atom. The second-order valence-corrected chi connectivity index (χ2v) is 6.52. The molecular formula is C14H20BrN3O3. The number of piperidine rings is 1. The Morgan fingerprint density at radius 1 is 1.62 bits per heavy atom. The van der Waals surface area contributed by atoms with Gasteiger partial charge in [-0.15, -0.1) is 0 Å². The van der Waals surface area contributed by atoms with Gasteiger partial charge in [0.05, 0.1) is 25.5 Å². The molecule has 0 bridgehead atoms. The Labute approximate surface area is 132 Å². The molecule has 1 aromatic rings. The zero-order chi connectivity index (χ0) is 15.4. The molecule has 1 aliphatic rings. The molecule has 6 nitrogen and oxygen atoms in total. The largest absolute Gasteiger partial charge is 0.468 e. The van der Waals surface area contributed by atoms with Gasteiger partial charge in [-0.05, 0) is 18.8 Å². The van der Waals surface area contributed by atoms with E-state index in [1.54, 1.807) is 12.3 Å². The van der Waals surface area contributed by atoms with E-state index in [1.165, 1.54) is 18.2 Å². The van der Waals surface area contributed by atoms with Crippen LogP contribution in [0.5, 0.6) is 0 Å². The molecule has 1 aliphatic heterocycles. The standard InChI is InChI=1S/C14H20BrN3O3/c1-10-4-3-5-17(8-10)11-6-13(19)18(16-7-11)9-12(15)14(20)21-2/h6-7,10,12H,3-5,8-9H2,1-2H3. The van der Waals surface area contributed by atoms with Gasteiger partial charge in [0, 0.05) is 19.2 Å². The maximum absolute atomic E-state index is 12.1. The molecule has 1 fully saturated rings. The number of esters is 1. The van der Waals surface area contributed by atoms with Crippen LogP contribution in [0.25, 0.3) is 0 Å². The minimum absolute atomic E-state index is 0.155. The highest BCUT2D eigenvalue weighted by Gasteiger charge is 2.19. The smallest absolute Gasteiger partial charge is 0.321 e. The first kappa shape index (κ1) is 16.0. The Bertz CT molecular complexity index is 561. The molecule has 0 aliphatic carbocycles. The summed E-state index contributed by atoms with van der Waals surface area (Å²) < 4.78 is 5.89. The van der Waals surface area contributed by atoms with E-state index in [9.17, 15) is 9.59 Å². The van der Waals surface area contributed by atoms with E-state index < -0.39 is 10.8 Å². The molecular weight excluding hydrogens is 338 g/mol. The highest BCUT2D eigenvalue weighted by molar-refractivity contribution is 9.10. The molecule has 7 heteroatoms. The first-order chi connectivity index (χ1) is 10.0. The zero-order valence-corrected chi connectivity index (χ0v) is 13.9. The lowest BCUT2D eigenvalue weighted by molar-refractivity contribution is -0.140. The van der Waals surface area contributed by atoms with Gasteiger partial charge in [0.1, 0.15) is 4.83 Å². The third kappa shape index (κ3) is 4.06. The number of rotatable bonds is 4. The second kappa shape index (κ2) is 7.06. The number of carbonyl (C=O) groups excluding carboxylic acids is 1. The molecule has 1 aromatic heterocycles. The first-order valence-corrected chi connectivity index (χ1v) is 7.97. The normalized spacial score (nSPS) is 20.1. The van der Waals surface area contributed by atoms with Gasteiger partial charge in [0.2, 0.25) is 0 Å². The number of alkyl halides is 1. The summed E-state index contributed by atoms with van der Waals surface area (Å²) in [6, 6.07) is 1.59. The average Bonchev–Trinajstić information content (AvgIpc) is 2.48. The van der Waals surface area contributed by atoms with Crippen molar-refractivity contribution in [3.05, 3.63) is 22.6 Å². The van der Waals surface area contributed by atoms with Crippen LogP contribution in [0.15, 0.2) is 17.1 Å². The number of hydrogen-bond donors (Lipinski definition) is 0. The van der Waals surface area contributed by atoms with Crippen molar-refractivity contribution < 1.29 is 9.53 Å². The fourth-order valence-electron chi connectivity index (χ4n) is 2.51. The maximum Gasteiger partial charge on any atom is 0.321 e. The van der Waals surface area contributed by atoms with Crippen LogP contribution in [0.3, 0.4) is 0 Å². The summed E-state index contributed by atoms with van der Waals surface area (Å²) in [7, 11) is 1.31. The van der Waals surface area contributed by atoms with Crippen LogP contribution < -0.4 is 10.5 Å².